The van der Waals surface area contributed by atoms with Gasteiger partial charge in [-0.3, -0.25) is 4.79 Å². The number of halogens is 1. The molecule has 0 spiro atoms. The number of aldehydes is 1. The van der Waals surface area contributed by atoms with Crippen LogP contribution in [0, 0.1) is 5.82 Å². The van der Waals surface area contributed by atoms with E-state index in [0.29, 0.717) is 34.9 Å². The number of carbonyl (C=O) groups is 2. The van der Waals surface area contributed by atoms with Gasteiger partial charge in [-0.15, -0.1) is 0 Å². The van der Waals surface area contributed by atoms with E-state index in [0.717, 1.165) is 0 Å². The number of amides is 1. The van der Waals surface area contributed by atoms with Crippen LogP contribution in [0.25, 0.3) is 11.3 Å². The van der Waals surface area contributed by atoms with E-state index in [2.05, 4.69) is 10.3 Å². The van der Waals surface area contributed by atoms with Crippen molar-refractivity contribution >= 4 is 18.0 Å². The van der Waals surface area contributed by atoms with E-state index in [1.165, 1.54) is 30.3 Å². The second-order valence-corrected chi connectivity index (χ2v) is 6.19. The summed E-state index contributed by atoms with van der Waals surface area (Å²) in [6, 6.07) is 15.0. The van der Waals surface area contributed by atoms with Crippen LogP contribution in [0.3, 0.4) is 0 Å². The molecule has 5 N–H and O–H groups in total. The van der Waals surface area contributed by atoms with Crippen molar-refractivity contribution in [1.82, 2.24) is 4.98 Å². The summed E-state index contributed by atoms with van der Waals surface area (Å²) in [6.45, 7) is 0.0801. The van der Waals surface area contributed by atoms with E-state index >= 15 is 0 Å². The number of rotatable bonds is 8. The fourth-order valence-corrected chi connectivity index (χ4v) is 2.57. The van der Waals surface area contributed by atoms with Crippen molar-refractivity contribution < 1.29 is 18.7 Å². The lowest BCUT2D eigenvalue weighted by atomic mass is 10.1. The maximum atomic E-state index is 13.0. The lowest BCUT2D eigenvalue weighted by Gasteiger charge is -2.13. The van der Waals surface area contributed by atoms with Crippen LogP contribution in [-0.4, -0.2) is 29.8 Å². The average molecular weight is 394 g/mol. The van der Waals surface area contributed by atoms with Crippen molar-refractivity contribution in [2.75, 3.05) is 11.9 Å². The number of anilines is 1. The highest BCUT2D eigenvalue weighted by Crippen LogP contribution is 2.26. The van der Waals surface area contributed by atoms with E-state index in [9.17, 15) is 14.0 Å². The first-order valence-corrected chi connectivity index (χ1v) is 8.76. The zero-order chi connectivity index (χ0) is 20.8. The predicted octanol–water partition coefficient (Wildman–Crippen LogP) is 2.72. The van der Waals surface area contributed by atoms with E-state index in [1.54, 1.807) is 30.3 Å². The number of nitrogens with zero attached hydrogens (tertiary/aromatic N) is 1. The number of aromatic nitrogens is 1. The maximum Gasteiger partial charge on any atom is 0.248 e. The number of nitrogens with one attached hydrogen (secondary N) is 1. The normalized spacial score (nSPS) is 11.5. The van der Waals surface area contributed by atoms with Gasteiger partial charge in [0.2, 0.25) is 5.91 Å². The molecule has 0 radical (unpaired) electrons. The molecule has 1 amide bonds. The molecule has 1 aromatic heterocycles. The molecule has 8 heteroatoms. The first kappa shape index (κ1) is 20.0. The standard InChI is InChI=1S/C21H19FN4O3/c22-15-3-7-18(8-4-15)29-17-5-1-13(2-6-17)19-9-14(21(24)28)10-20(26-19)25-16(11-23)12-27/h1-10,12,16H,11,23H2,(H2,24,28)(H,25,26)/t16-/m0/s1. The van der Waals surface area contributed by atoms with Crippen LogP contribution in [0.4, 0.5) is 10.2 Å². The van der Waals surface area contributed by atoms with E-state index in [-0.39, 0.29) is 17.9 Å². The molecular formula is C21H19FN4O3. The number of nitrogens with two attached hydrogens (primary N) is 2. The van der Waals surface area contributed by atoms with Gasteiger partial charge in [0, 0.05) is 17.7 Å². The van der Waals surface area contributed by atoms with Gasteiger partial charge in [-0.25, -0.2) is 9.37 Å². The molecule has 0 bridgehead atoms. The lowest BCUT2D eigenvalue weighted by Crippen LogP contribution is -2.30. The first-order chi connectivity index (χ1) is 14.0. The van der Waals surface area contributed by atoms with Gasteiger partial charge in [0.25, 0.3) is 0 Å². The van der Waals surface area contributed by atoms with Crippen LogP contribution < -0.4 is 21.5 Å². The Kier molecular flexibility index (Phi) is 6.16. The molecule has 0 aliphatic heterocycles. The third-order valence-corrected chi connectivity index (χ3v) is 4.06. The molecule has 148 valence electrons. The summed E-state index contributed by atoms with van der Waals surface area (Å²) in [5, 5.41) is 2.87. The van der Waals surface area contributed by atoms with Crippen LogP contribution in [0.2, 0.25) is 0 Å². The summed E-state index contributed by atoms with van der Waals surface area (Å²) in [4.78, 5) is 27.1. The van der Waals surface area contributed by atoms with Gasteiger partial charge in [0.05, 0.1) is 11.7 Å². The van der Waals surface area contributed by atoms with E-state index in [1.807, 2.05) is 0 Å². The van der Waals surface area contributed by atoms with Gasteiger partial charge in [0.1, 0.15) is 29.4 Å². The van der Waals surface area contributed by atoms with E-state index < -0.39 is 11.9 Å². The van der Waals surface area contributed by atoms with Crippen LogP contribution >= 0.6 is 0 Å². The Labute approximate surface area is 166 Å². The number of pyridine rings is 1. The van der Waals surface area contributed by atoms with Crippen molar-refractivity contribution in [1.29, 1.82) is 0 Å². The molecule has 0 fully saturated rings. The molecule has 0 unspecified atom stereocenters. The first-order valence-electron chi connectivity index (χ1n) is 8.76. The molecule has 0 saturated carbocycles. The summed E-state index contributed by atoms with van der Waals surface area (Å²) < 4.78 is 18.7. The van der Waals surface area contributed by atoms with Crippen molar-refractivity contribution in [3.8, 4) is 22.8 Å². The number of hydrogen-bond acceptors (Lipinski definition) is 6. The summed E-state index contributed by atoms with van der Waals surface area (Å²) in [6.07, 6.45) is 0.667. The number of benzene rings is 2. The zero-order valence-electron chi connectivity index (χ0n) is 15.3. The minimum atomic E-state index is -0.634. The molecule has 1 atom stereocenters. The van der Waals surface area contributed by atoms with Crippen LogP contribution in [0.5, 0.6) is 11.5 Å². The SMILES string of the molecule is NC[C@@H](C=O)Nc1cc(C(N)=O)cc(-c2ccc(Oc3ccc(F)cc3)cc2)n1. The van der Waals surface area contributed by atoms with E-state index in [4.69, 9.17) is 16.2 Å². The van der Waals surface area contributed by atoms with Gasteiger partial charge in [0.15, 0.2) is 0 Å². The number of hydrogen-bond donors (Lipinski definition) is 3. The second-order valence-electron chi connectivity index (χ2n) is 6.19. The van der Waals surface area contributed by atoms with Crippen LogP contribution in [-0.2, 0) is 4.79 Å². The van der Waals surface area contributed by atoms with Gasteiger partial charge in [-0.2, -0.15) is 0 Å². The number of ether oxygens (including phenoxy) is 1. The van der Waals surface area contributed by atoms with Crippen molar-refractivity contribution in [3.05, 3.63) is 72.0 Å². The fraction of sp³-hybridized carbons (Fsp3) is 0.0952. The van der Waals surface area contributed by atoms with Crippen LogP contribution in [0.1, 0.15) is 10.4 Å². The highest BCUT2D eigenvalue weighted by Gasteiger charge is 2.12. The average Bonchev–Trinajstić information content (AvgIpc) is 2.74. The van der Waals surface area contributed by atoms with Crippen molar-refractivity contribution in [2.24, 2.45) is 11.5 Å². The maximum absolute atomic E-state index is 13.0. The van der Waals surface area contributed by atoms with Crippen LogP contribution in [0.15, 0.2) is 60.7 Å². The second kappa shape index (κ2) is 8.94. The highest BCUT2D eigenvalue weighted by molar-refractivity contribution is 5.94. The Morgan fingerprint density at radius 2 is 1.72 bits per heavy atom. The lowest BCUT2D eigenvalue weighted by molar-refractivity contribution is -0.108. The smallest absolute Gasteiger partial charge is 0.248 e. The quantitative estimate of drug-likeness (QED) is 0.505. The minimum Gasteiger partial charge on any atom is -0.457 e. The molecule has 0 aliphatic carbocycles. The molecule has 2 aromatic carbocycles. The molecule has 0 saturated heterocycles. The molecule has 3 aromatic rings. The zero-order valence-corrected chi connectivity index (χ0v) is 15.3. The van der Waals surface area contributed by atoms with Crippen molar-refractivity contribution in [2.45, 2.75) is 6.04 Å². The van der Waals surface area contributed by atoms with Gasteiger partial charge in [-0.1, -0.05) is 0 Å². The Bertz CT molecular complexity index is 1010. The number of carbonyl (C=O) groups excluding carboxylic acids is 2. The molecule has 7 nitrogen and oxygen atoms in total. The Morgan fingerprint density at radius 1 is 1.10 bits per heavy atom. The van der Waals surface area contributed by atoms with Gasteiger partial charge in [-0.05, 0) is 60.7 Å². The molecule has 1 heterocycles. The molecule has 3 rings (SSSR count). The number of primary amides is 1. The Morgan fingerprint density at radius 3 is 2.28 bits per heavy atom. The predicted molar refractivity (Wildman–Crippen MR) is 107 cm³/mol. The third kappa shape index (κ3) is 5.14. The monoisotopic (exact) mass is 394 g/mol. The minimum absolute atomic E-state index is 0.0801. The Balaban J connectivity index is 1.86. The largest absolute Gasteiger partial charge is 0.457 e. The fourth-order valence-electron chi connectivity index (χ4n) is 2.57. The summed E-state index contributed by atoms with van der Waals surface area (Å²) >= 11 is 0. The van der Waals surface area contributed by atoms with Crippen molar-refractivity contribution in [3.63, 3.8) is 0 Å². The Hall–Kier alpha value is -3.78. The summed E-state index contributed by atoms with van der Waals surface area (Å²) in [7, 11) is 0. The molecular weight excluding hydrogens is 375 g/mol. The summed E-state index contributed by atoms with van der Waals surface area (Å²) in [5.41, 5.74) is 12.4. The molecule has 0 aliphatic rings. The topological polar surface area (TPSA) is 120 Å². The molecule has 29 heavy (non-hydrogen) atoms. The van der Waals surface area contributed by atoms with Gasteiger partial charge >= 0.3 is 0 Å². The third-order valence-electron chi connectivity index (χ3n) is 4.06. The van der Waals surface area contributed by atoms with Gasteiger partial charge < -0.3 is 26.3 Å². The highest BCUT2D eigenvalue weighted by atomic mass is 19.1. The summed E-state index contributed by atoms with van der Waals surface area (Å²) in [5.74, 6) is 0.396.